The molecule has 0 saturated carbocycles. The second-order valence-electron chi connectivity index (χ2n) is 7.22. The number of nitrogens with two attached hydrogens (primary N) is 1. The van der Waals surface area contributed by atoms with E-state index in [0.717, 1.165) is 25.7 Å². The molecular weight excluding hydrogens is 300 g/mol. The number of amides is 1. The Bertz CT molecular complexity index is 285. The molecule has 1 amide bonds. The molecule has 0 spiro atoms. The second-order valence-corrected chi connectivity index (χ2v) is 7.22. The van der Waals surface area contributed by atoms with Crippen LogP contribution in [0.2, 0.25) is 0 Å². The summed E-state index contributed by atoms with van der Waals surface area (Å²) in [7, 11) is 0. The van der Waals surface area contributed by atoms with E-state index >= 15 is 0 Å². The summed E-state index contributed by atoms with van der Waals surface area (Å²) in [5.41, 5.74) is 5.79. The molecule has 24 heavy (non-hydrogen) atoms. The predicted molar refractivity (Wildman–Crippen MR) is 103 cm³/mol. The normalized spacial score (nSPS) is 13.7. The van der Waals surface area contributed by atoms with Gasteiger partial charge in [-0.2, -0.15) is 0 Å². The summed E-state index contributed by atoms with van der Waals surface area (Å²) in [4.78, 5) is 10.8. The average molecular weight is 343 g/mol. The number of aliphatic hydroxyl groups is 1. The van der Waals surface area contributed by atoms with Crippen LogP contribution < -0.4 is 11.1 Å². The number of carbonyl (C=O) groups is 1. The zero-order chi connectivity index (χ0) is 18.0. The number of hydrogen-bond acceptors (Lipinski definition) is 3. The minimum Gasteiger partial charge on any atom is -0.393 e. The molecule has 2 unspecified atom stereocenters. The molecule has 0 bridgehead atoms. The van der Waals surface area contributed by atoms with Gasteiger partial charge < -0.3 is 16.2 Å². The highest BCUT2D eigenvalue weighted by molar-refractivity contribution is 5.73. The Balaban J connectivity index is 3.21. The minimum absolute atomic E-state index is 0.0476. The summed E-state index contributed by atoms with van der Waals surface area (Å²) in [6, 6.07) is 0. The Labute approximate surface area is 150 Å². The van der Waals surface area contributed by atoms with Crippen molar-refractivity contribution in [1.29, 1.82) is 0 Å². The number of carbonyl (C=O) groups excluding carboxylic acids is 1. The highest BCUT2D eigenvalue weighted by Gasteiger charge is 2.04. The van der Waals surface area contributed by atoms with Crippen molar-refractivity contribution < 1.29 is 9.90 Å². The van der Waals surface area contributed by atoms with Crippen molar-refractivity contribution in [1.82, 2.24) is 5.32 Å². The molecule has 0 aliphatic carbocycles. The van der Waals surface area contributed by atoms with Crippen LogP contribution in [0.5, 0.6) is 0 Å². The molecule has 0 aromatic carbocycles. The van der Waals surface area contributed by atoms with E-state index < -0.39 is 0 Å². The lowest BCUT2D eigenvalue weighted by Crippen LogP contribution is -2.40. The first kappa shape index (κ1) is 23.4. The monoisotopic (exact) mass is 342 g/mol. The number of hydrogen-bond donors (Lipinski definition) is 3. The zero-order valence-corrected chi connectivity index (χ0v) is 16.2. The maximum atomic E-state index is 10.8. The van der Waals surface area contributed by atoms with Gasteiger partial charge in [0.05, 0.1) is 12.3 Å². The molecule has 0 fully saturated rings. The first-order chi connectivity index (χ1) is 11.6. The largest absolute Gasteiger partial charge is 0.393 e. The number of aliphatic hydroxyl groups excluding tert-OH is 1. The molecule has 2 atom stereocenters. The summed E-state index contributed by atoms with van der Waals surface area (Å²) in [6.45, 7) is 3.72. The molecule has 144 valence electrons. The number of rotatable bonds is 17. The van der Waals surface area contributed by atoms with Crippen molar-refractivity contribution in [3.05, 3.63) is 0 Å². The quantitative estimate of drug-likeness (QED) is 0.266. The van der Waals surface area contributed by atoms with Gasteiger partial charge in [-0.1, -0.05) is 84.0 Å². The van der Waals surface area contributed by atoms with E-state index in [1.54, 1.807) is 0 Å². The third-order valence-electron chi connectivity index (χ3n) is 4.58. The fraction of sp³-hybridized carbons (Fsp3) is 0.950. The molecule has 0 saturated heterocycles. The summed E-state index contributed by atoms with van der Waals surface area (Å²) in [6.07, 6.45) is 17.4. The van der Waals surface area contributed by atoms with E-state index in [1.807, 2.05) is 0 Å². The van der Waals surface area contributed by atoms with Crippen molar-refractivity contribution >= 4 is 5.91 Å². The van der Waals surface area contributed by atoms with Gasteiger partial charge in [0.25, 0.3) is 0 Å². The molecule has 4 heteroatoms. The molecule has 4 N–H and O–H groups in total. The molecule has 4 nitrogen and oxygen atoms in total. The van der Waals surface area contributed by atoms with Gasteiger partial charge in [0, 0.05) is 6.92 Å². The molecule has 0 aromatic rings. The van der Waals surface area contributed by atoms with Gasteiger partial charge in [-0.25, -0.2) is 0 Å². The zero-order valence-electron chi connectivity index (χ0n) is 16.2. The highest BCUT2D eigenvalue weighted by Crippen LogP contribution is 2.14. The second kappa shape index (κ2) is 17.2. The van der Waals surface area contributed by atoms with E-state index in [9.17, 15) is 9.90 Å². The van der Waals surface area contributed by atoms with Crippen LogP contribution in [-0.4, -0.2) is 23.3 Å². The fourth-order valence-electron chi connectivity index (χ4n) is 3.09. The van der Waals surface area contributed by atoms with Crippen LogP contribution in [0.15, 0.2) is 0 Å². The maximum Gasteiger partial charge on any atom is 0.218 e. The van der Waals surface area contributed by atoms with Crippen molar-refractivity contribution in [2.75, 3.05) is 0 Å². The van der Waals surface area contributed by atoms with E-state index in [1.165, 1.54) is 77.6 Å². The number of unbranched alkanes of at least 4 members (excludes halogenated alkanes) is 10. The molecule has 0 radical (unpaired) electrons. The maximum absolute atomic E-state index is 10.8. The smallest absolute Gasteiger partial charge is 0.218 e. The summed E-state index contributed by atoms with van der Waals surface area (Å²) < 4.78 is 0. The summed E-state index contributed by atoms with van der Waals surface area (Å²) in [5.74, 6) is -0.0476. The van der Waals surface area contributed by atoms with E-state index in [4.69, 9.17) is 5.73 Å². The van der Waals surface area contributed by atoms with Crippen LogP contribution in [0.3, 0.4) is 0 Å². The first-order valence-corrected chi connectivity index (χ1v) is 10.3. The standard InChI is InChI=1S/C20H42N2O2/c1-3-4-5-12-15-19(24)16-13-10-8-6-7-9-11-14-17-20(21)22-18(2)23/h19-20,24H,3-17,21H2,1-2H3,(H,22,23). The SMILES string of the molecule is CCCCCCC(O)CCCCCCCCCCC(N)NC(C)=O. The Morgan fingerprint density at radius 1 is 0.833 bits per heavy atom. The van der Waals surface area contributed by atoms with Crippen LogP contribution in [0, 0.1) is 0 Å². The van der Waals surface area contributed by atoms with Crippen molar-refractivity contribution in [3.63, 3.8) is 0 Å². The Morgan fingerprint density at radius 3 is 1.71 bits per heavy atom. The molecule has 0 aliphatic heterocycles. The molecule has 0 aromatic heterocycles. The lowest BCUT2D eigenvalue weighted by molar-refractivity contribution is -0.119. The van der Waals surface area contributed by atoms with Gasteiger partial charge in [-0.05, 0) is 19.3 Å². The first-order valence-electron chi connectivity index (χ1n) is 10.3. The number of nitrogens with one attached hydrogen (secondary N) is 1. The topological polar surface area (TPSA) is 75.3 Å². The van der Waals surface area contributed by atoms with Crippen LogP contribution >= 0.6 is 0 Å². The summed E-state index contributed by atoms with van der Waals surface area (Å²) >= 11 is 0. The van der Waals surface area contributed by atoms with Crippen molar-refractivity contribution in [3.8, 4) is 0 Å². The van der Waals surface area contributed by atoms with Crippen molar-refractivity contribution in [2.24, 2.45) is 5.73 Å². The Morgan fingerprint density at radius 2 is 1.25 bits per heavy atom. The predicted octanol–water partition coefficient (Wildman–Crippen LogP) is 4.64. The molecule has 0 heterocycles. The van der Waals surface area contributed by atoms with Crippen LogP contribution in [-0.2, 0) is 4.79 Å². The van der Waals surface area contributed by atoms with Gasteiger partial charge in [0.2, 0.25) is 5.91 Å². The lowest BCUT2D eigenvalue weighted by atomic mass is 10.0. The third kappa shape index (κ3) is 17.7. The van der Waals surface area contributed by atoms with Crippen molar-refractivity contribution in [2.45, 2.75) is 122 Å². The van der Waals surface area contributed by atoms with Gasteiger partial charge in [-0.15, -0.1) is 0 Å². The lowest BCUT2D eigenvalue weighted by Gasteiger charge is -2.12. The van der Waals surface area contributed by atoms with E-state index in [0.29, 0.717) is 0 Å². The van der Waals surface area contributed by atoms with Gasteiger partial charge in [0.1, 0.15) is 0 Å². The van der Waals surface area contributed by atoms with E-state index in [2.05, 4.69) is 12.2 Å². The van der Waals surface area contributed by atoms with Gasteiger partial charge in [0.15, 0.2) is 0 Å². The molecule has 0 rings (SSSR count). The highest BCUT2D eigenvalue weighted by atomic mass is 16.3. The third-order valence-corrected chi connectivity index (χ3v) is 4.58. The molecule has 0 aliphatic rings. The van der Waals surface area contributed by atoms with Crippen LogP contribution in [0.1, 0.15) is 110 Å². The van der Waals surface area contributed by atoms with Gasteiger partial charge >= 0.3 is 0 Å². The minimum atomic E-state index is -0.184. The Kier molecular flexibility index (Phi) is 16.8. The van der Waals surface area contributed by atoms with Crippen LogP contribution in [0.25, 0.3) is 0 Å². The average Bonchev–Trinajstić information content (AvgIpc) is 2.52. The summed E-state index contributed by atoms with van der Waals surface area (Å²) in [5, 5.41) is 12.6. The van der Waals surface area contributed by atoms with Crippen LogP contribution in [0.4, 0.5) is 0 Å². The van der Waals surface area contributed by atoms with Gasteiger partial charge in [-0.3, -0.25) is 4.79 Å². The molecular formula is C20H42N2O2. The fourth-order valence-corrected chi connectivity index (χ4v) is 3.09. The Hall–Kier alpha value is -0.610. The van der Waals surface area contributed by atoms with E-state index in [-0.39, 0.29) is 18.2 Å².